The van der Waals surface area contributed by atoms with Crippen LogP contribution in [-0.4, -0.2) is 18.8 Å². The first-order valence-corrected chi connectivity index (χ1v) is 3.74. The van der Waals surface area contributed by atoms with Gasteiger partial charge in [-0.15, -0.1) is 0 Å². The molecule has 0 amide bonds. The van der Waals surface area contributed by atoms with Crippen LogP contribution in [0.2, 0.25) is 0 Å². The van der Waals surface area contributed by atoms with Crippen LogP contribution in [-0.2, 0) is 0 Å². The lowest BCUT2D eigenvalue weighted by Gasteiger charge is -2.09. The molecule has 2 nitrogen and oxygen atoms in total. The zero-order chi connectivity index (χ0) is 7.40. The Morgan fingerprint density at radius 1 is 1.80 bits per heavy atom. The summed E-state index contributed by atoms with van der Waals surface area (Å²) in [5, 5.41) is 0. The molecule has 2 N–H and O–H groups in total. The highest BCUT2D eigenvalue weighted by atomic mass is 14.7. The maximum Gasteiger partial charge on any atom is 0.0452 e. The van der Waals surface area contributed by atoms with Gasteiger partial charge in [0.05, 0.1) is 0 Å². The predicted molar refractivity (Wildman–Crippen MR) is 44.3 cm³/mol. The average Bonchev–Trinajstić information content (AvgIpc) is 1.95. The van der Waals surface area contributed by atoms with Gasteiger partial charge in [-0.05, 0) is 18.5 Å². The van der Waals surface area contributed by atoms with Gasteiger partial charge in [-0.1, -0.05) is 13.0 Å². The van der Waals surface area contributed by atoms with E-state index in [4.69, 9.17) is 5.73 Å². The van der Waals surface area contributed by atoms with Crippen LogP contribution in [0, 0.1) is 5.92 Å². The van der Waals surface area contributed by atoms with E-state index in [0.29, 0.717) is 12.5 Å². The van der Waals surface area contributed by atoms with Crippen molar-refractivity contribution >= 4 is 5.71 Å². The molecule has 0 aromatic rings. The minimum atomic E-state index is 0.613. The van der Waals surface area contributed by atoms with Crippen molar-refractivity contribution in [1.82, 2.24) is 0 Å². The van der Waals surface area contributed by atoms with E-state index < -0.39 is 0 Å². The number of hydrogen-bond donors (Lipinski definition) is 1. The Labute approximate surface area is 61.8 Å². The highest BCUT2D eigenvalue weighted by Gasteiger charge is 2.02. The molecule has 2 heteroatoms. The summed E-state index contributed by atoms with van der Waals surface area (Å²) in [6.45, 7) is 3.81. The Balaban J connectivity index is 2.42. The van der Waals surface area contributed by atoms with Crippen LogP contribution in [0.15, 0.2) is 17.1 Å². The monoisotopic (exact) mass is 138 g/mol. The van der Waals surface area contributed by atoms with E-state index in [0.717, 1.165) is 18.7 Å². The van der Waals surface area contributed by atoms with Crippen molar-refractivity contribution in [3.05, 3.63) is 12.2 Å². The molecule has 0 saturated carbocycles. The number of dihydropyridines is 1. The van der Waals surface area contributed by atoms with Gasteiger partial charge in [0, 0.05) is 18.7 Å². The first-order chi connectivity index (χ1) is 4.83. The Kier molecular flexibility index (Phi) is 2.63. The van der Waals surface area contributed by atoms with Gasteiger partial charge in [-0.3, -0.25) is 4.99 Å². The predicted octanol–water partition coefficient (Wildman–Crippen LogP) is 0.982. The maximum absolute atomic E-state index is 5.38. The van der Waals surface area contributed by atoms with Gasteiger partial charge in [0.15, 0.2) is 0 Å². The highest BCUT2D eigenvalue weighted by molar-refractivity contribution is 5.95. The van der Waals surface area contributed by atoms with Gasteiger partial charge in [0.2, 0.25) is 0 Å². The Morgan fingerprint density at radius 2 is 2.60 bits per heavy atom. The van der Waals surface area contributed by atoms with Gasteiger partial charge in [-0.25, -0.2) is 0 Å². The molecule has 10 heavy (non-hydrogen) atoms. The molecule has 0 aliphatic carbocycles. The summed E-state index contributed by atoms with van der Waals surface area (Å²) in [5.74, 6) is 0.613. The lowest BCUT2D eigenvalue weighted by Crippen LogP contribution is -2.11. The van der Waals surface area contributed by atoms with E-state index in [1.165, 1.54) is 0 Å². The van der Waals surface area contributed by atoms with Gasteiger partial charge in [-0.2, -0.15) is 0 Å². The Morgan fingerprint density at radius 3 is 3.10 bits per heavy atom. The first kappa shape index (κ1) is 7.48. The van der Waals surface area contributed by atoms with Crippen molar-refractivity contribution in [1.29, 1.82) is 0 Å². The van der Waals surface area contributed by atoms with Gasteiger partial charge >= 0.3 is 0 Å². The summed E-state index contributed by atoms with van der Waals surface area (Å²) in [5.41, 5.74) is 6.53. The van der Waals surface area contributed by atoms with Gasteiger partial charge in [0.1, 0.15) is 0 Å². The van der Waals surface area contributed by atoms with Crippen LogP contribution in [0.25, 0.3) is 0 Å². The summed E-state index contributed by atoms with van der Waals surface area (Å²) in [7, 11) is 0. The average molecular weight is 138 g/mol. The molecule has 1 rings (SSSR count). The van der Waals surface area contributed by atoms with E-state index in [-0.39, 0.29) is 0 Å². The molecule has 0 fully saturated rings. The van der Waals surface area contributed by atoms with Crippen LogP contribution in [0.4, 0.5) is 0 Å². The Bertz CT molecular complexity index is 159. The third-order valence-corrected chi connectivity index (χ3v) is 1.60. The van der Waals surface area contributed by atoms with E-state index in [1.807, 2.05) is 0 Å². The zero-order valence-electron chi connectivity index (χ0n) is 6.38. The van der Waals surface area contributed by atoms with Crippen molar-refractivity contribution < 1.29 is 0 Å². The fraction of sp³-hybridized carbons (Fsp3) is 0.625. The van der Waals surface area contributed by atoms with Crippen LogP contribution in [0.5, 0.6) is 0 Å². The summed E-state index contributed by atoms with van der Waals surface area (Å²) >= 11 is 0. The molecule has 1 heterocycles. The van der Waals surface area contributed by atoms with Gasteiger partial charge < -0.3 is 5.73 Å². The minimum absolute atomic E-state index is 0.613. The number of nitrogens with zero attached hydrogens (tertiary/aromatic N) is 1. The minimum Gasteiger partial charge on any atom is -0.330 e. The summed E-state index contributed by atoms with van der Waals surface area (Å²) in [6, 6.07) is 0. The summed E-state index contributed by atoms with van der Waals surface area (Å²) in [4.78, 5) is 4.35. The third kappa shape index (κ3) is 1.95. The van der Waals surface area contributed by atoms with E-state index in [1.54, 1.807) is 0 Å². The smallest absolute Gasteiger partial charge is 0.0452 e. The van der Waals surface area contributed by atoms with Crippen molar-refractivity contribution in [2.24, 2.45) is 16.6 Å². The van der Waals surface area contributed by atoms with E-state index in [9.17, 15) is 0 Å². The standard InChI is InChI=1S/C8H14N2/c1-7-2-3-8(4-5-9)10-6-7/h2-3,7H,4-6,9H2,1H3. The number of allylic oxidation sites excluding steroid dienone is 1. The second-order valence-corrected chi connectivity index (χ2v) is 2.71. The fourth-order valence-electron chi connectivity index (χ4n) is 0.960. The van der Waals surface area contributed by atoms with Crippen molar-refractivity contribution in [2.75, 3.05) is 13.1 Å². The molecule has 1 atom stereocenters. The SMILES string of the molecule is CC1C=CC(CCN)=NC1. The third-order valence-electron chi connectivity index (χ3n) is 1.60. The topological polar surface area (TPSA) is 38.4 Å². The molecule has 1 unspecified atom stereocenters. The number of nitrogens with two attached hydrogens (primary N) is 1. The first-order valence-electron chi connectivity index (χ1n) is 3.74. The summed E-state index contributed by atoms with van der Waals surface area (Å²) < 4.78 is 0. The summed E-state index contributed by atoms with van der Waals surface area (Å²) in [6.07, 6.45) is 5.20. The molecule has 1 aliphatic heterocycles. The molecular formula is C8H14N2. The molecule has 56 valence electrons. The van der Waals surface area contributed by atoms with Crippen LogP contribution in [0.3, 0.4) is 0 Å². The van der Waals surface area contributed by atoms with E-state index >= 15 is 0 Å². The molecule has 1 aliphatic rings. The van der Waals surface area contributed by atoms with Crippen molar-refractivity contribution in [3.63, 3.8) is 0 Å². The lowest BCUT2D eigenvalue weighted by molar-refractivity contribution is 0.730. The van der Waals surface area contributed by atoms with Crippen molar-refractivity contribution in [2.45, 2.75) is 13.3 Å². The van der Waals surface area contributed by atoms with Crippen molar-refractivity contribution in [3.8, 4) is 0 Å². The van der Waals surface area contributed by atoms with Crippen LogP contribution < -0.4 is 5.73 Å². The second kappa shape index (κ2) is 3.52. The fourth-order valence-corrected chi connectivity index (χ4v) is 0.960. The molecule has 0 spiro atoms. The van der Waals surface area contributed by atoms with Crippen LogP contribution in [0.1, 0.15) is 13.3 Å². The largest absolute Gasteiger partial charge is 0.330 e. The van der Waals surface area contributed by atoms with Crippen LogP contribution >= 0.6 is 0 Å². The lowest BCUT2D eigenvalue weighted by atomic mass is 10.1. The van der Waals surface area contributed by atoms with E-state index in [2.05, 4.69) is 24.1 Å². The molecule has 0 radical (unpaired) electrons. The highest BCUT2D eigenvalue weighted by Crippen LogP contribution is 2.05. The quantitative estimate of drug-likeness (QED) is 0.607. The second-order valence-electron chi connectivity index (χ2n) is 2.71. The maximum atomic E-state index is 5.38. The molecular weight excluding hydrogens is 124 g/mol. The number of aliphatic imine (C=N–C) groups is 1. The Hall–Kier alpha value is -0.630. The normalized spacial score (nSPS) is 24.6. The molecule has 0 aromatic carbocycles. The van der Waals surface area contributed by atoms with Gasteiger partial charge in [0.25, 0.3) is 0 Å². The zero-order valence-corrected chi connectivity index (χ0v) is 6.38. The number of rotatable bonds is 2. The number of hydrogen-bond acceptors (Lipinski definition) is 2. The molecule has 0 aromatic heterocycles. The molecule has 0 saturated heterocycles. The molecule has 0 bridgehead atoms.